The lowest BCUT2D eigenvalue weighted by atomic mass is 10.1. The van der Waals surface area contributed by atoms with E-state index in [4.69, 9.17) is 4.74 Å². The fourth-order valence-electron chi connectivity index (χ4n) is 3.27. The fraction of sp³-hybridized carbons (Fsp3) is 0.476. The SMILES string of the molecule is CC(=O)NC[C@H]1CN(S(=O)(=O)c2sc(C)nc2C)c2cc(NC(=O)OC(C)(C)C(F)(F)F)ccc2O1. The van der Waals surface area contributed by atoms with Crippen LogP contribution in [-0.4, -0.2) is 56.4 Å². The number of aryl methyl sites for hydroxylation is 2. The summed E-state index contributed by atoms with van der Waals surface area (Å²) >= 11 is 0.985. The molecule has 1 aliphatic rings. The summed E-state index contributed by atoms with van der Waals surface area (Å²) in [5, 5.41) is 5.32. The lowest BCUT2D eigenvalue weighted by Gasteiger charge is -2.35. The molecule has 2 heterocycles. The Labute approximate surface area is 209 Å². The van der Waals surface area contributed by atoms with Gasteiger partial charge in [-0.3, -0.25) is 14.4 Å². The maximum absolute atomic E-state index is 13.6. The predicted octanol–water partition coefficient (Wildman–Crippen LogP) is 3.74. The Morgan fingerprint density at radius 1 is 1.28 bits per heavy atom. The third-order valence-corrected chi connectivity index (χ3v) is 8.57. The number of amides is 2. The van der Waals surface area contributed by atoms with E-state index in [-0.39, 0.29) is 40.3 Å². The Bertz CT molecular complexity index is 1280. The molecular weight excluding hydrogens is 525 g/mol. The number of carbonyl (C=O) groups is 2. The average Bonchev–Trinajstić information content (AvgIpc) is 3.09. The summed E-state index contributed by atoms with van der Waals surface area (Å²) < 4.78 is 77.8. The first kappa shape index (κ1) is 27.5. The van der Waals surface area contributed by atoms with Crippen molar-refractivity contribution >= 4 is 44.7 Å². The molecule has 36 heavy (non-hydrogen) atoms. The van der Waals surface area contributed by atoms with E-state index in [1.165, 1.54) is 25.1 Å². The number of halogens is 3. The van der Waals surface area contributed by atoms with Crippen molar-refractivity contribution < 1.29 is 40.7 Å². The number of carbonyl (C=O) groups excluding carboxylic acids is 2. The molecule has 15 heteroatoms. The van der Waals surface area contributed by atoms with E-state index in [1.54, 1.807) is 13.8 Å². The zero-order valence-electron chi connectivity index (χ0n) is 20.0. The highest BCUT2D eigenvalue weighted by Gasteiger charge is 2.51. The number of hydrogen-bond acceptors (Lipinski definition) is 8. The minimum atomic E-state index is -4.80. The van der Waals surface area contributed by atoms with Crippen LogP contribution in [0, 0.1) is 13.8 Å². The summed E-state index contributed by atoms with van der Waals surface area (Å²) in [6.07, 6.45) is -6.91. The molecule has 2 N–H and O–H groups in total. The van der Waals surface area contributed by atoms with Crippen molar-refractivity contribution in [1.82, 2.24) is 10.3 Å². The number of sulfonamides is 1. The largest absolute Gasteiger partial charge is 0.484 e. The average molecular weight is 551 g/mol. The Hall–Kier alpha value is -3.07. The number of anilines is 2. The van der Waals surface area contributed by atoms with Gasteiger partial charge in [0.1, 0.15) is 11.9 Å². The third kappa shape index (κ3) is 5.83. The highest BCUT2D eigenvalue weighted by molar-refractivity contribution is 7.94. The second kappa shape index (κ2) is 9.76. The first-order valence-electron chi connectivity index (χ1n) is 10.6. The van der Waals surface area contributed by atoms with Crippen molar-refractivity contribution in [2.75, 3.05) is 22.7 Å². The van der Waals surface area contributed by atoms with E-state index in [2.05, 4.69) is 20.4 Å². The quantitative estimate of drug-likeness (QED) is 0.561. The number of hydrogen-bond donors (Lipinski definition) is 2. The Morgan fingerprint density at radius 3 is 2.50 bits per heavy atom. The number of thiazole rings is 1. The van der Waals surface area contributed by atoms with Gasteiger partial charge in [0.05, 0.1) is 29.5 Å². The molecule has 1 aliphatic heterocycles. The molecule has 1 aromatic carbocycles. The molecule has 0 bridgehead atoms. The van der Waals surface area contributed by atoms with Crippen LogP contribution >= 0.6 is 11.3 Å². The predicted molar refractivity (Wildman–Crippen MR) is 126 cm³/mol. The Morgan fingerprint density at radius 2 is 1.94 bits per heavy atom. The van der Waals surface area contributed by atoms with E-state index in [0.29, 0.717) is 24.5 Å². The van der Waals surface area contributed by atoms with E-state index in [9.17, 15) is 31.2 Å². The van der Waals surface area contributed by atoms with E-state index in [1.807, 2.05) is 0 Å². The van der Waals surface area contributed by atoms with Crippen molar-refractivity contribution in [1.29, 1.82) is 0 Å². The second-order valence-electron chi connectivity index (χ2n) is 8.52. The smallest absolute Gasteiger partial charge is 0.427 e. The van der Waals surface area contributed by atoms with Crippen LogP contribution < -0.4 is 19.7 Å². The molecule has 3 rings (SSSR count). The minimum absolute atomic E-state index is 0.0100. The summed E-state index contributed by atoms with van der Waals surface area (Å²) in [6, 6.07) is 3.95. The number of alkyl halides is 3. The van der Waals surface area contributed by atoms with Crippen LogP contribution in [0.1, 0.15) is 31.5 Å². The van der Waals surface area contributed by atoms with Crippen LogP contribution in [0.5, 0.6) is 5.75 Å². The molecule has 0 saturated carbocycles. The molecule has 1 atom stereocenters. The monoisotopic (exact) mass is 550 g/mol. The molecule has 0 aliphatic carbocycles. The summed E-state index contributed by atoms with van der Waals surface area (Å²) in [4.78, 5) is 27.7. The van der Waals surface area contributed by atoms with Crippen LogP contribution in [0.15, 0.2) is 22.4 Å². The van der Waals surface area contributed by atoms with Crippen LogP contribution in [0.2, 0.25) is 0 Å². The number of fused-ring (bicyclic) bond motifs is 1. The lowest BCUT2D eigenvalue weighted by Crippen LogP contribution is -2.48. The molecule has 1 aromatic heterocycles. The molecule has 0 fully saturated rings. The summed E-state index contributed by atoms with van der Waals surface area (Å²) in [7, 11) is -4.15. The molecule has 0 radical (unpaired) electrons. The fourth-order valence-corrected chi connectivity index (χ4v) is 6.35. The standard InChI is InChI=1S/C21H25F3N4O6S2/c1-11-18(35-13(3)26-11)36(31,32)28-10-15(9-25-12(2)29)33-17-7-6-14(8-16(17)28)27-19(30)34-20(4,5)21(22,23)24/h6-8,15H,9-10H2,1-5H3,(H,25,29)(H,27,30)/t15-/m0/s1. The molecule has 0 saturated heterocycles. The normalized spacial score (nSPS) is 16.1. The van der Waals surface area contributed by atoms with Crippen LogP contribution in [0.25, 0.3) is 0 Å². The van der Waals surface area contributed by atoms with E-state index < -0.39 is 34.0 Å². The first-order valence-corrected chi connectivity index (χ1v) is 12.9. The van der Waals surface area contributed by atoms with Crippen molar-refractivity contribution in [2.24, 2.45) is 0 Å². The number of aromatic nitrogens is 1. The van der Waals surface area contributed by atoms with Gasteiger partial charge in [0.2, 0.25) is 11.5 Å². The van der Waals surface area contributed by atoms with Crippen molar-refractivity contribution in [3.8, 4) is 5.75 Å². The van der Waals surface area contributed by atoms with Crippen molar-refractivity contribution in [2.45, 2.75) is 56.7 Å². The topological polar surface area (TPSA) is 127 Å². The van der Waals surface area contributed by atoms with E-state index >= 15 is 0 Å². The van der Waals surface area contributed by atoms with Gasteiger partial charge in [-0.1, -0.05) is 0 Å². The van der Waals surface area contributed by atoms with Gasteiger partial charge in [0, 0.05) is 12.6 Å². The number of nitrogens with one attached hydrogen (secondary N) is 2. The van der Waals surface area contributed by atoms with Crippen molar-refractivity contribution in [3.63, 3.8) is 0 Å². The molecule has 2 amide bonds. The molecule has 0 spiro atoms. The van der Waals surface area contributed by atoms with Crippen LogP contribution in [0.3, 0.4) is 0 Å². The third-order valence-electron chi connectivity index (χ3n) is 5.13. The van der Waals surface area contributed by atoms with E-state index in [0.717, 1.165) is 15.6 Å². The number of nitrogens with zero attached hydrogens (tertiary/aromatic N) is 2. The maximum atomic E-state index is 13.6. The van der Waals surface area contributed by atoms with Crippen LogP contribution in [0.4, 0.5) is 29.3 Å². The highest BCUT2D eigenvalue weighted by atomic mass is 32.2. The molecule has 2 aromatic rings. The Kier molecular flexibility index (Phi) is 7.46. The zero-order valence-corrected chi connectivity index (χ0v) is 21.7. The minimum Gasteiger partial charge on any atom is -0.484 e. The Balaban J connectivity index is 1.96. The van der Waals surface area contributed by atoms with Gasteiger partial charge in [0.15, 0.2) is 4.21 Å². The second-order valence-corrected chi connectivity index (χ2v) is 11.8. The van der Waals surface area contributed by atoms with Gasteiger partial charge in [-0.2, -0.15) is 13.2 Å². The summed E-state index contributed by atoms with van der Waals surface area (Å²) in [5.74, 6) is -0.193. The van der Waals surface area contributed by atoms with Crippen LogP contribution in [-0.2, 0) is 19.6 Å². The van der Waals surface area contributed by atoms with Gasteiger partial charge in [-0.05, 0) is 45.9 Å². The van der Waals surface area contributed by atoms with Gasteiger partial charge in [-0.25, -0.2) is 18.2 Å². The zero-order chi connectivity index (χ0) is 27.1. The molecule has 0 unspecified atom stereocenters. The highest BCUT2D eigenvalue weighted by Crippen LogP contribution is 2.40. The molecule has 198 valence electrons. The van der Waals surface area contributed by atoms with Gasteiger partial charge in [-0.15, -0.1) is 11.3 Å². The van der Waals surface area contributed by atoms with Gasteiger partial charge in [0.25, 0.3) is 10.0 Å². The first-order chi connectivity index (χ1) is 16.5. The number of benzene rings is 1. The molecular formula is C21H25F3N4O6S2. The number of rotatable bonds is 6. The maximum Gasteiger partial charge on any atom is 0.427 e. The van der Waals surface area contributed by atoms with Gasteiger partial charge >= 0.3 is 12.3 Å². The number of ether oxygens (including phenoxy) is 2. The molecule has 10 nitrogen and oxygen atoms in total. The summed E-state index contributed by atoms with van der Waals surface area (Å²) in [5.41, 5.74) is -2.41. The van der Waals surface area contributed by atoms with Gasteiger partial charge < -0.3 is 14.8 Å². The lowest BCUT2D eigenvalue weighted by molar-refractivity contribution is -0.242. The van der Waals surface area contributed by atoms with Crippen molar-refractivity contribution in [3.05, 3.63) is 28.9 Å². The summed E-state index contributed by atoms with van der Waals surface area (Å²) in [6.45, 7) is 5.79.